The fraction of sp³-hybridized carbons (Fsp3) is 0.133. The van der Waals surface area contributed by atoms with Crippen molar-refractivity contribution in [2.24, 2.45) is 0 Å². The van der Waals surface area contributed by atoms with Gasteiger partial charge in [-0.25, -0.2) is 13.2 Å². The molecule has 2 aromatic rings. The fourth-order valence-corrected chi connectivity index (χ4v) is 1.75. The van der Waals surface area contributed by atoms with Crippen LogP contribution in [-0.2, 0) is 0 Å². The van der Waals surface area contributed by atoms with Crippen LogP contribution in [-0.4, -0.2) is 5.91 Å². The standard InChI is InChI=1S/C15H12F3NO/c1-8-3-4-9(2)13(5-8)19-15(20)10-6-11(16)14(18)12(17)7-10/h3-7H,1-2H3,(H,19,20). The number of carbonyl (C=O) groups excluding carboxylic acids is 1. The van der Waals surface area contributed by atoms with Crippen molar-refractivity contribution in [3.8, 4) is 0 Å². The second-order valence-electron chi connectivity index (χ2n) is 4.53. The molecule has 1 N–H and O–H groups in total. The lowest BCUT2D eigenvalue weighted by Crippen LogP contribution is -2.14. The second-order valence-corrected chi connectivity index (χ2v) is 4.53. The molecule has 104 valence electrons. The van der Waals surface area contributed by atoms with Crippen LogP contribution < -0.4 is 5.32 Å². The van der Waals surface area contributed by atoms with Crippen molar-refractivity contribution in [2.75, 3.05) is 5.32 Å². The van der Waals surface area contributed by atoms with Gasteiger partial charge in [0.05, 0.1) is 0 Å². The zero-order chi connectivity index (χ0) is 14.9. The van der Waals surface area contributed by atoms with Crippen LogP contribution in [0.3, 0.4) is 0 Å². The van der Waals surface area contributed by atoms with Gasteiger partial charge in [-0.3, -0.25) is 4.79 Å². The lowest BCUT2D eigenvalue weighted by Gasteiger charge is -2.09. The first kappa shape index (κ1) is 14.1. The number of nitrogens with one attached hydrogen (secondary N) is 1. The summed E-state index contributed by atoms with van der Waals surface area (Å²) < 4.78 is 39.0. The van der Waals surface area contributed by atoms with Gasteiger partial charge in [-0.1, -0.05) is 12.1 Å². The van der Waals surface area contributed by atoms with Crippen LogP contribution in [0.5, 0.6) is 0 Å². The molecule has 0 aliphatic rings. The summed E-state index contributed by atoms with van der Waals surface area (Å²) in [5.74, 6) is -5.07. The molecule has 20 heavy (non-hydrogen) atoms. The van der Waals surface area contributed by atoms with Gasteiger partial charge in [0.1, 0.15) is 0 Å². The first-order valence-electron chi connectivity index (χ1n) is 5.91. The number of hydrogen-bond donors (Lipinski definition) is 1. The summed E-state index contributed by atoms with van der Waals surface area (Å²) in [6.45, 7) is 3.65. The van der Waals surface area contributed by atoms with Crippen molar-refractivity contribution in [2.45, 2.75) is 13.8 Å². The summed E-state index contributed by atoms with van der Waals surface area (Å²) in [5.41, 5.74) is 2.01. The van der Waals surface area contributed by atoms with E-state index in [9.17, 15) is 18.0 Å². The Morgan fingerprint density at radius 1 is 1.00 bits per heavy atom. The van der Waals surface area contributed by atoms with Crippen LogP contribution >= 0.6 is 0 Å². The predicted molar refractivity (Wildman–Crippen MR) is 70.2 cm³/mol. The zero-order valence-corrected chi connectivity index (χ0v) is 10.9. The average Bonchev–Trinajstić information content (AvgIpc) is 2.39. The number of benzene rings is 2. The van der Waals surface area contributed by atoms with Crippen molar-refractivity contribution in [3.63, 3.8) is 0 Å². The highest BCUT2D eigenvalue weighted by Crippen LogP contribution is 2.19. The van der Waals surface area contributed by atoms with Gasteiger partial charge in [0.2, 0.25) is 0 Å². The van der Waals surface area contributed by atoms with Crippen LogP contribution in [0.1, 0.15) is 21.5 Å². The van der Waals surface area contributed by atoms with E-state index in [1.807, 2.05) is 19.1 Å². The molecule has 2 nitrogen and oxygen atoms in total. The Morgan fingerprint density at radius 2 is 1.60 bits per heavy atom. The van der Waals surface area contributed by atoms with Crippen molar-refractivity contribution in [1.29, 1.82) is 0 Å². The SMILES string of the molecule is Cc1ccc(C)c(NC(=O)c2cc(F)c(F)c(F)c2)c1. The lowest BCUT2D eigenvalue weighted by atomic mass is 10.1. The second kappa shape index (κ2) is 5.36. The van der Waals surface area contributed by atoms with Gasteiger partial charge in [-0.15, -0.1) is 0 Å². The predicted octanol–water partition coefficient (Wildman–Crippen LogP) is 3.97. The molecule has 5 heteroatoms. The van der Waals surface area contributed by atoms with Gasteiger partial charge in [0.15, 0.2) is 17.5 Å². The van der Waals surface area contributed by atoms with E-state index in [1.165, 1.54) is 0 Å². The molecule has 0 spiro atoms. The highest BCUT2D eigenvalue weighted by Gasteiger charge is 2.15. The molecule has 0 saturated carbocycles. The van der Waals surface area contributed by atoms with Gasteiger partial charge in [0.25, 0.3) is 5.91 Å². The smallest absolute Gasteiger partial charge is 0.255 e. The van der Waals surface area contributed by atoms with Crippen LogP contribution in [0.4, 0.5) is 18.9 Å². The van der Waals surface area contributed by atoms with Crippen molar-refractivity contribution < 1.29 is 18.0 Å². The summed E-state index contributed by atoms with van der Waals surface area (Å²) >= 11 is 0. The number of carbonyl (C=O) groups is 1. The van der Waals surface area contributed by atoms with Crippen molar-refractivity contribution >= 4 is 11.6 Å². The number of rotatable bonds is 2. The van der Waals surface area contributed by atoms with Crippen LogP contribution in [0.25, 0.3) is 0 Å². The molecular formula is C15H12F3NO. The third-order valence-corrected chi connectivity index (χ3v) is 2.89. The van der Waals surface area contributed by atoms with Gasteiger partial charge < -0.3 is 5.32 Å². The normalized spacial score (nSPS) is 10.4. The average molecular weight is 279 g/mol. The third-order valence-electron chi connectivity index (χ3n) is 2.89. The number of amides is 1. The highest BCUT2D eigenvalue weighted by molar-refractivity contribution is 6.04. The Kier molecular flexibility index (Phi) is 3.79. The minimum absolute atomic E-state index is 0.276. The highest BCUT2D eigenvalue weighted by atomic mass is 19.2. The zero-order valence-electron chi connectivity index (χ0n) is 10.9. The van der Waals surface area contributed by atoms with E-state index in [0.29, 0.717) is 17.8 Å². The minimum Gasteiger partial charge on any atom is -0.322 e. The third kappa shape index (κ3) is 2.82. The van der Waals surface area contributed by atoms with E-state index in [4.69, 9.17) is 0 Å². The number of halogens is 3. The molecule has 0 atom stereocenters. The van der Waals surface area contributed by atoms with Gasteiger partial charge in [0, 0.05) is 11.3 Å². The van der Waals surface area contributed by atoms with Crippen LogP contribution in [0.2, 0.25) is 0 Å². The maximum Gasteiger partial charge on any atom is 0.255 e. The van der Waals surface area contributed by atoms with E-state index < -0.39 is 23.4 Å². The van der Waals surface area contributed by atoms with Crippen LogP contribution in [0.15, 0.2) is 30.3 Å². The molecule has 0 heterocycles. The Labute approximate surface area is 114 Å². The fourth-order valence-electron chi connectivity index (χ4n) is 1.75. The van der Waals surface area contributed by atoms with Crippen LogP contribution in [0, 0.1) is 31.3 Å². The quantitative estimate of drug-likeness (QED) is 0.828. The molecule has 2 aromatic carbocycles. The first-order valence-corrected chi connectivity index (χ1v) is 5.91. The summed E-state index contributed by atoms with van der Waals surface area (Å²) in [7, 11) is 0. The molecule has 0 radical (unpaired) electrons. The molecule has 2 rings (SSSR count). The Bertz CT molecular complexity index is 660. The molecule has 0 aliphatic heterocycles. The van der Waals surface area contributed by atoms with E-state index in [2.05, 4.69) is 5.32 Å². The maximum absolute atomic E-state index is 13.1. The topological polar surface area (TPSA) is 29.1 Å². The lowest BCUT2D eigenvalue weighted by molar-refractivity contribution is 0.102. The van der Waals surface area contributed by atoms with E-state index in [-0.39, 0.29) is 5.56 Å². The molecule has 1 amide bonds. The molecule has 0 saturated heterocycles. The van der Waals surface area contributed by atoms with E-state index >= 15 is 0 Å². The maximum atomic E-state index is 13.1. The summed E-state index contributed by atoms with van der Waals surface area (Å²) in [6, 6.07) is 6.76. The van der Waals surface area contributed by atoms with E-state index in [0.717, 1.165) is 11.1 Å². The first-order chi connectivity index (χ1) is 9.38. The summed E-state index contributed by atoms with van der Waals surface area (Å²) in [6.07, 6.45) is 0. The largest absolute Gasteiger partial charge is 0.322 e. The molecule has 0 aliphatic carbocycles. The van der Waals surface area contributed by atoms with Gasteiger partial charge in [-0.05, 0) is 43.2 Å². The summed E-state index contributed by atoms with van der Waals surface area (Å²) in [4.78, 5) is 11.9. The Hall–Kier alpha value is -2.30. The Morgan fingerprint density at radius 3 is 2.20 bits per heavy atom. The molecule has 0 bridgehead atoms. The van der Waals surface area contributed by atoms with Gasteiger partial charge >= 0.3 is 0 Å². The summed E-state index contributed by atoms with van der Waals surface area (Å²) in [5, 5.41) is 2.55. The van der Waals surface area contributed by atoms with Crippen molar-refractivity contribution in [3.05, 3.63) is 64.5 Å². The number of anilines is 1. The molecule has 0 unspecified atom stereocenters. The van der Waals surface area contributed by atoms with Gasteiger partial charge in [-0.2, -0.15) is 0 Å². The van der Waals surface area contributed by atoms with E-state index in [1.54, 1.807) is 13.0 Å². The molecule has 0 aromatic heterocycles. The van der Waals surface area contributed by atoms with Crippen molar-refractivity contribution in [1.82, 2.24) is 0 Å². The molecule has 0 fully saturated rings. The Balaban J connectivity index is 2.31. The molecular weight excluding hydrogens is 267 g/mol. The number of hydrogen-bond acceptors (Lipinski definition) is 1. The monoisotopic (exact) mass is 279 g/mol. The minimum atomic E-state index is -1.59. The number of aryl methyl sites for hydroxylation is 2.